The number of alkyl halides is 3. The van der Waals surface area contributed by atoms with Gasteiger partial charge in [0.25, 0.3) is 5.91 Å². The second-order valence-electron chi connectivity index (χ2n) is 11.8. The van der Waals surface area contributed by atoms with Gasteiger partial charge in [-0.2, -0.15) is 13.2 Å². The Kier molecular flexibility index (Phi) is 8.03. The maximum absolute atomic E-state index is 13.6. The number of pyridine rings is 1. The number of benzene rings is 1. The van der Waals surface area contributed by atoms with Gasteiger partial charge in [-0.1, -0.05) is 12.1 Å². The highest BCUT2D eigenvalue weighted by Crippen LogP contribution is 2.37. The molecule has 1 fully saturated rings. The first kappa shape index (κ1) is 31.2. The van der Waals surface area contributed by atoms with Crippen LogP contribution in [0, 0.1) is 0 Å². The van der Waals surface area contributed by atoms with Crippen LogP contribution in [0.3, 0.4) is 0 Å². The Bertz CT molecular complexity index is 1670. The van der Waals surface area contributed by atoms with Crippen molar-refractivity contribution in [2.45, 2.75) is 75.5 Å². The maximum Gasteiger partial charge on any atom is 0.433 e. The lowest BCUT2D eigenvalue weighted by atomic mass is 10.0. The van der Waals surface area contributed by atoms with Crippen LogP contribution in [0.4, 0.5) is 29.6 Å². The summed E-state index contributed by atoms with van der Waals surface area (Å²) in [7, 11) is -3.52. The fourth-order valence-corrected chi connectivity index (χ4v) is 5.48. The van der Waals surface area contributed by atoms with Crippen LogP contribution >= 0.6 is 0 Å². The minimum Gasteiger partial charge on any atom is -0.444 e. The van der Waals surface area contributed by atoms with Crippen molar-refractivity contribution in [1.29, 1.82) is 0 Å². The largest absolute Gasteiger partial charge is 0.444 e. The van der Waals surface area contributed by atoms with Crippen molar-refractivity contribution in [2.75, 3.05) is 16.5 Å². The number of ether oxygens (including phenoxy) is 1. The van der Waals surface area contributed by atoms with Gasteiger partial charge >= 0.3 is 12.3 Å². The van der Waals surface area contributed by atoms with Crippen molar-refractivity contribution >= 4 is 33.5 Å². The molecule has 1 atom stereocenters. The number of sulfone groups is 1. The third-order valence-corrected chi connectivity index (χ3v) is 8.09. The molecule has 234 valence electrons. The van der Waals surface area contributed by atoms with Gasteiger partial charge in [-0.15, -0.1) is 0 Å². The summed E-state index contributed by atoms with van der Waals surface area (Å²) < 4.78 is 68.5. The number of amides is 2. The summed E-state index contributed by atoms with van der Waals surface area (Å²) in [5, 5.41) is 2.73. The number of carbonyl (C=O) groups is 2. The summed E-state index contributed by atoms with van der Waals surface area (Å²) in [6, 6.07) is 5.67. The Morgan fingerprint density at radius 1 is 1.05 bits per heavy atom. The Morgan fingerprint density at radius 3 is 2.27 bits per heavy atom. The number of hydrogen-bond acceptors (Lipinski definition) is 9. The van der Waals surface area contributed by atoms with E-state index in [0.29, 0.717) is 22.6 Å². The molecule has 0 saturated heterocycles. The first-order valence-corrected chi connectivity index (χ1v) is 15.6. The summed E-state index contributed by atoms with van der Waals surface area (Å²) in [5.74, 6) is -0.242. The molecule has 1 saturated carbocycles. The van der Waals surface area contributed by atoms with E-state index in [1.807, 2.05) is 4.90 Å². The smallest absolute Gasteiger partial charge is 0.433 e. The van der Waals surface area contributed by atoms with Gasteiger partial charge in [0.05, 0.1) is 29.5 Å². The van der Waals surface area contributed by atoms with Crippen molar-refractivity contribution in [1.82, 2.24) is 19.9 Å². The Hall–Kier alpha value is -4.27. The fourth-order valence-electron chi connectivity index (χ4n) is 4.81. The molecule has 1 aliphatic heterocycles. The molecule has 0 radical (unpaired) electrons. The fraction of sp³-hybridized carbons (Fsp3) is 0.414. The predicted octanol–water partition coefficient (Wildman–Crippen LogP) is 4.89. The molecule has 0 bridgehead atoms. The van der Waals surface area contributed by atoms with Crippen LogP contribution in [0.25, 0.3) is 0 Å². The van der Waals surface area contributed by atoms with Crippen LogP contribution in [0.1, 0.15) is 62.0 Å². The molecule has 11 nitrogen and oxygen atoms in total. The first-order chi connectivity index (χ1) is 20.5. The van der Waals surface area contributed by atoms with Crippen molar-refractivity contribution in [2.24, 2.45) is 0 Å². The lowest BCUT2D eigenvalue weighted by Crippen LogP contribution is -2.40. The maximum atomic E-state index is 13.6. The zero-order valence-corrected chi connectivity index (χ0v) is 25.2. The SMILES string of the molecule is CC(C)(C)OC(=O)N1Cc2cc(S(C)(=O)=O)ccc2[C@@H]1C(=O)Nc1cnc(N(Cc2ccc(C(F)(F)F)nc2)C2CC2)nc1. The van der Waals surface area contributed by atoms with Crippen LogP contribution in [-0.2, 0) is 38.6 Å². The predicted molar refractivity (Wildman–Crippen MR) is 153 cm³/mol. The molecule has 3 heterocycles. The molecule has 1 aliphatic carbocycles. The number of aromatic nitrogens is 3. The van der Waals surface area contributed by atoms with E-state index in [4.69, 9.17) is 4.74 Å². The van der Waals surface area contributed by atoms with Crippen LogP contribution in [0.5, 0.6) is 0 Å². The number of nitrogens with one attached hydrogen (secondary N) is 1. The average molecular weight is 633 g/mol. The highest BCUT2D eigenvalue weighted by molar-refractivity contribution is 7.90. The van der Waals surface area contributed by atoms with Crippen molar-refractivity contribution in [3.05, 3.63) is 71.3 Å². The third-order valence-electron chi connectivity index (χ3n) is 6.98. The quantitative estimate of drug-likeness (QED) is 0.386. The van der Waals surface area contributed by atoms with Gasteiger partial charge in [-0.3, -0.25) is 14.7 Å². The molecule has 0 unspecified atom stereocenters. The highest BCUT2D eigenvalue weighted by Gasteiger charge is 2.41. The summed E-state index contributed by atoms with van der Waals surface area (Å²) in [6.45, 7) is 5.31. The molecule has 2 amide bonds. The second-order valence-corrected chi connectivity index (χ2v) is 13.8. The number of nitrogens with zero attached hydrogens (tertiary/aromatic N) is 5. The third kappa shape index (κ3) is 7.09. The number of fused-ring (bicyclic) bond motifs is 1. The molecule has 44 heavy (non-hydrogen) atoms. The van der Waals surface area contributed by atoms with Crippen LogP contribution in [-0.4, -0.2) is 58.2 Å². The molecule has 5 rings (SSSR count). The summed E-state index contributed by atoms with van der Waals surface area (Å²) >= 11 is 0. The summed E-state index contributed by atoms with van der Waals surface area (Å²) in [5.41, 5.74) is -0.0328. The van der Waals surface area contributed by atoms with Crippen molar-refractivity contribution in [3.8, 4) is 0 Å². The zero-order chi connectivity index (χ0) is 32.0. The first-order valence-electron chi connectivity index (χ1n) is 13.7. The number of rotatable bonds is 7. The zero-order valence-electron chi connectivity index (χ0n) is 24.4. The van der Waals surface area contributed by atoms with E-state index >= 15 is 0 Å². The lowest BCUT2D eigenvalue weighted by molar-refractivity contribution is -0.141. The monoisotopic (exact) mass is 632 g/mol. The molecule has 1 aromatic carbocycles. The van der Waals surface area contributed by atoms with E-state index in [1.54, 1.807) is 20.8 Å². The van der Waals surface area contributed by atoms with Crippen LogP contribution in [0.2, 0.25) is 0 Å². The number of halogens is 3. The molecular weight excluding hydrogens is 601 g/mol. The van der Waals surface area contributed by atoms with E-state index in [2.05, 4.69) is 20.3 Å². The standard InChI is InChI=1S/C29H31F3N6O5S/c1-28(2,3)43-27(40)38-16-18-11-21(44(4,41)42)8-9-22(18)24(38)25(39)36-19-13-34-26(35-14-19)37(20-6-7-20)15-17-5-10-23(33-12-17)29(30,31)32/h5,8-14,20,24H,6-7,15-16H2,1-4H3,(H,36,39)/t24-/m1/s1. The minimum absolute atomic E-state index is 0.0315. The molecule has 3 aromatic rings. The van der Waals surface area contributed by atoms with Gasteiger partial charge in [0.2, 0.25) is 5.95 Å². The normalized spacial score (nSPS) is 16.8. The van der Waals surface area contributed by atoms with Gasteiger partial charge < -0.3 is 15.0 Å². The Morgan fingerprint density at radius 2 is 1.73 bits per heavy atom. The van der Waals surface area contributed by atoms with Gasteiger partial charge in [0, 0.05) is 25.0 Å². The molecule has 2 aromatic heterocycles. The molecule has 0 spiro atoms. The average Bonchev–Trinajstić information content (AvgIpc) is 3.69. The van der Waals surface area contributed by atoms with E-state index in [-0.39, 0.29) is 29.7 Å². The molecule has 2 aliphatic rings. The Labute approximate surface area is 252 Å². The molecular formula is C29H31F3N6O5S. The number of anilines is 2. The van der Waals surface area contributed by atoms with E-state index in [9.17, 15) is 31.2 Å². The minimum atomic E-state index is -4.53. The molecule has 15 heteroatoms. The van der Waals surface area contributed by atoms with Gasteiger partial charge in [0.15, 0.2) is 9.84 Å². The van der Waals surface area contributed by atoms with E-state index in [0.717, 1.165) is 25.2 Å². The Balaban J connectivity index is 1.35. The van der Waals surface area contributed by atoms with E-state index < -0.39 is 45.4 Å². The van der Waals surface area contributed by atoms with Gasteiger partial charge in [0.1, 0.15) is 17.3 Å². The van der Waals surface area contributed by atoms with Crippen molar-refractivity contribution < 1.29 is 35.9 Å². The number of carbonyl (C=O) groups excluding carboxylic acids is 2. The van der Waals surface area contributed by atoms with Gasteiger partial charge in [-0.05, 0) is 68.5 Å². The van der Waals surface area contributed by atoms with Crippen LogP contribution < -0.4 is 10.2 Å². The molecule has 1 N–H and O–H groups in total. The van der Waals surface area contributed by atoms with Gasteiger partial charge in [-0.25, -0.2) is 23.2 Å². The van der Waals surface area contributed by atoms with E-state index in [1.165, 1.54) is 47.8 Å². The lowest BCUT2D eigenvalue weighted by Gasteiger charge is -2.28. The summed E-state index contributed by atoms with van der Waals surface area (Å²) in [4.78, 5) is 42.2. The van der Waals surface area contributed by atoms with Crippen molar-refractivity contribution in [3.63, 3.8) is 0 Å². The summed E-state index contributed by atoms with van der Waals surface area (Å²) in [6.07, 6.45) is 1.55. The topological polar surface area (TPSA) is 135 Å². The second kappa shape index (κ2) is 11.3. The number of hydrogen-bond donors (Lipinski definition) is 1. The van der Waals surface area contributed by atoms with Crippen LogP contribution in [0.15, 0.2) is 53.8 Å². The highest BCUT2D eigenvalue weighted by atomic mass is 32.2.